The fourth-order valence-electron chi connectivity index (χ4n) is 1.75. The van der Waals surface area contributed by atoms with Crippen LogP contribution in [-0.4, -0.2) is 29.8 Å². The van der Waals surface area contributed by atoms with E-state index in [9.17, 15) is 0 Å². The molecular weight excluding hydrogens is 194 g/mol. The Hall–Kier alpha value is -0.940. The number of piperidine rings is 1. The summed E-state index contributed by atoms with van der Waals surface area (Å²) >= 11 is 0. The van der Waals surface area contributed by atoms with Crippen LogP contribution in [0.1, 0.15) is 37.4 Å². The van der Waals surface area contributed by atoms with Crippen molar-refractivity contribution >= 4 is 0 Å². The lowest BCUT2D eigenvalue weighted by Crippen LogP contribution is -2.28. The molecule has 2 heterocycles. The Bertz CT molecular complexity index is 295. The van der Waals surface area contributed by atoms with E-state index < -0.39 is 0 Å². The maximum absolute atomic E-state index is 5.22. The van der Waals surface area contributed by atoms with Gasteiger partial charge < -0.3 is 14.6 Å². The summed E-state index contributed by atoms with van der Waals surface area (Å²) in [6.45, 7) is 5.10. The Morgan fingerprint density at radius 2 is 2.53 bits per heavy atom. The molecule has 1 aromatic heterocycles. The van der Waals surface area contributed by atoms with Crippen LogP contribution in [0.25, 0.3) is 0 Å². The second kappa shape index (κ2) is 5.23. The Kier molecular flexibility index (Phi) is 3.69. The molecule has 0 aliphatic carbocycles. The van der Waals surface area contributed by atoms with E-state index in [-0.39, 0.29) is 0 Å². The first-order valence-corrected chi connectivity index (χ1v) is 5.51. The predicted molar refractivity (Wildman–Crippen MR) is 54.5 cm³/mol. The van der Waals surface area contributed by atoms with Crippen molar-refractivity contribution in [2.75, 3.05) is 19.7 Å². The van der Waals surface area contributed by atoms with Gasteiger partial charge in [-0.25, -0.2) is 0 Å². The van der Waals surface area contributed by atoms with Crippen molar-refractivity contribution in [2.24, 2.45) is 0 Å². The van der Waals surface area contributed by atoms with Gasteiger partial charge in [-0.05, 0) is 26.3 Å². The lowest BCUT2D eigenvalue weighted by molar-refractivity contribution is 0.126. The zero-order chi connectivity index (χ0) is 10.5. The number of hydrogen-bond acceptors (Lipinski definition) is 5. The van der Waals surface area contributed by atoms with E-state index in [0.29, 0.717) is 25.0 Å². The molecule has 5 heteroatoms. The number of ether oxygens (including phenoxy) is 1. The van der Waals surface area contributed by atoms with Gasteiger partial charge in [0, 0.05) is 13.2 Å². The number of aromatic nitrogens is 2. The molecule has 1 atom stereocenters. The van der Waals surface area contributed by atoms with Crippen LogP contribution >= 0.6 is 0 Å². The summed E-state index contributed by atoms with van der Waals surface area (Å²) in [5, 5.41) is 7.22. The first-order chi connectivity index (χ1) is 7.40. The highest BCUT2D eigenvalue weighted by molar-refractivity contribution is 4.96. The molecule has 1 N–H and O–H groups in total. The van der Waals surface area contributed by atoms with Gasteiger partial charge in [0.1, 0.15) is 6.61 Å². The molecule has 1 aliphatic heterocycles. The Morgan fingerprint density at radius 3 is 3.27 bits per heavy atom. The minimum absolute atomic E-state index is 0.377. The van der Waals surface area contributed by atoms with Crippen molar-refractivity contribution in [3.05, 3.63) is 11.7 Å². The van der Waals surface area contributed by atoms with E-state index in [4.69, 9.17) is 9.26 Å². The van der Waals surface area contributed by atoms with E-state index >= 15 is 0 Å². The third-order valence-corrected chi connectivity index (χ3v) is 2.57. The average Bonchev–Trinajstić information content (AvgIpc) is 2.76. The number of nitrogens with zero attached hydrogens (tertiary/aromatic N) is 2. The molecule has 84 valence electrons. The number of rotatable bonds is 4. The molecule has 1 aromatic rings. The standard InChI is InChI=1S/C10H17N3O2/c1-2-14-7-9-12-10(15-13-9)8-4-3-5-11-6-8/h8,11H,2-7H2,1H3. The summed E-state index contributed by atoms with van der Waals surface area (Å²) < 4.78 is 10.4. The highest BCUT2D eigenvalue weighted by Gasteiger charge is 2.21. The Morgan fingerprint density at radius 1 is 1.60 bits per heavy atom. The quantitative estimate of drug-likeness (QED) is 0.807. The molecule has 0 radical (unpaired) electrons. The Labute approximate surface area is 89.2 Å². The number of nitrogens with one attached hydrogen (secondary N) is 1. The van der Waals surface area contributed by atoms with E-state index in [1.54, 1.807) is 0 Å². The molecule has 0 spiro atoms. The van der Waals surface area contributed by atoms with Gasteiger partial charge in [0.2, 0.25) is 5.89 Å². The van der Waals surface area contributed by atoms with Crippen LogP contribution in [0.3, 0.4) is 0 Å². The third kappa shape index (κ3) is 2.76. The van der Waals surface area contributed by atoms with E-state index in [1.165, 1.54) is 6.42 Å². The first-order valence-electron chi connectivity index (χ1n) is 5.51. The topological polar surface area (TPSA) is 60.2 Å². The highest BCUT2D eigenvalue weighted by atomic mass is 16.5. The van der Waals surface area contributed by atoms with Crippen molar-refractivity contribution in [2.45, 2.75) is 32.3 Å². The molecule has 2 rings (SSSR count). The fourth-order valence-corrected chi connectivity index (χ4v) is 1.75. The third-order valence-electron chi connectivity index (χ3n) is 2.57. The Balaban J connectivity index is 1.93. The molecule has 1 fully saturated rings. The molecule has 0 bridgehead atoms. The zero-order valence-electron chi connectivity index (χ0n) is 9.03. The van der Waals surface area contributed by atoms with Gasteiger partial charge in [-0.15, -0.1) is 0 Å². The summed E-state index contributed by atoms with van der Waals surface area (Å²) in [6, 6.07) is 0. The van der Waals surface area contributed by atoms with Crippen LogP contribution in [0, 0.1) is 0 Å². The summed E-state index contributed by atoms with van der Waals surface area (Å²) in [6.07, 6.45) is 2.30. The predicted octanol–water partition coefficient (Wildman–Crippen LogP) is 1.07. The monoisotopic (exact) mass is 211 g/mol. The smallest absolute Gasteiger partial charge is 0.231 e. The minimum Gasteiger partial charge on any atom is -0.374 e. The number of hydrogen-bond donors (Lipinski definition) is 1. The zero-order valence-corrected chi connectivity index (χ0v) is 9.03. The van der Waals surface area contributed by atoms with Gasteiger partial charge in [-0.1, -0.05) is 5.16 Å². The molecule has 0 amide bonds. The van der Waals surface area contributed by atoms with Gasteiger partial charge in [-0.3, -0.25) is 0 Å². The van der Waals surface area contributed by atoms with Crippen molar-refractivity contribution in [3.63, 3.8) is 0 Å². The summed E-state index contributed by atoms with van der Waals surface area (Å²) in [5.74, 6) is 1.77. The molecule has 1 aliphatic rings. The summed E-state index contributed by atoms with van der Waals surface area (Å²) in [7, 11) is 0. The van der Waals surface area contributed by atoms with Crippen LogP contribution in [0.2, 0.25) is 0 Å². The van der Waals surface area contributed by atoms with Crippen LogP contribution in [0.15, 0.2) is 4.52 Å². The SMILES string of the molecule is CCOCc1noc(C2CCCNC2)n1. The van der Waals surface area contributed by atoms with Crippen molar-refractivity contribution < 1.29 is 9.26 Å². The van der Waals surface area contributed by atoms with Crippen LogP contribution in [-0.2, 0) is 11.3 Å². The lowest BCUT2D eigenvalue weighted by Gasteiger charge is -2.18. The lowest BCUT2D eigenvalue weighted by atomic mass is 10.00. The van der Waals surface area contributed by atoms with Crippen LogP contribution in [0.4, 0.5) is 0 Å². The van der Waals surface area contributed by atoms with Gasteiger partial charge in [-0.2, -0.15) is 4.98 Å². The molecule has 5 nitrogen and oxygen atoms in total. The minimum atomic E-state index is 0.377. The van der Waals surface area contributed by atoms with Crippen molar-refractivity contribution in [3.8, 4) is 0 Å². The van der Waals surface area contributed by atoms with E-state index in [1.807, 2.05) is 6.92 Å². The van der Waals surface area contributed by atoms with Crippen LogP contribution < -0.4 is 5.32 Å². The maximum Gasteiger partial charge on any atom is 0.231 e. The molecule has 1 saturated heterocycles. The van der Waals surface area contributed by atoms with Gasteiger partial charge in [0.15, 0.2) is 5.82 Å². The first kappa shape index (κ1) is 10.6. The van der Waals surface area contributed by atoms with Crippen molar-refractivity contribution in [1.82, 2.24) is 15.5 Å². The highest BCUT2D eigenvalue weighted by Crippen LogP contribution is 2.21. The summed E-state index contributed by atoms with van der Waals surface area (Å²) in [5.41, 5.74) is 0. The second-order valence-corrected chi connectivity index (χ2v) is 3.73. The second-order valence-electron chi connectivity index (χ2n) is 3.73. The molecule has 15 heavy (non-hydrogen) atoms. The fraction of sp³-hybridized carbons (Fsp3) is 0.800. The normalized spacial score (nSPS) is 21.8. The van der Waals surface area contributed by atoms with Gasteiger partial charge in [0.05, 0.1) is 5.92 Å². The van der Waals surface area contributed by atoms with E-state index in [0.717, 1.165) is 25.4 Å². The molecule has 0 aromatic carbocycles. The molecule has 1 unspecified atom stereocenters. The van der Waals surface area contributed by atoms with Crippen LogP contribution in [0.5, 0.6) is 0 Å². The van der Waals surface area contributed by atoms with Gasteiger partial charge in [0.25, 0.3) is 0 Å². The van der Waals surface area contributed by atoms with Crippen molar-refractivity contribution in [1.29, 1.82) is 0 Å². The van der Waals surface area contributed by atoms with Gasteiger partial charge >= 0.3 is 0 Å². The maximum atomic E-state index is 5.22. The molecular formula is C10H17N3O2. The van der Waals surface area contributed by atoms with E-state index in [2.05, 4.69) is 15.5 Å². The largest absolute Gasteiger partial charge is 0.374 e. The molecule has 0 saturated carbocycles. The summed E-state index contributed by atoms with van der Waals surface area (Å²) in [4.78, 5) is 4.33. The average molecular weight is 211 g/mol.